The van der Waals surface area contributed by atoms with Crippen molar-refractivity contribution in [2.75, 3.05) is 47.5 Å². The Kier molecular flexibility index (Phi) is 65.5. The van der Waals surface area contributed by atoms with E-state index >= 15 is 0 Å². The molecule has 0 saturated carbocycles. The van der Waals surface area contributed by atoms with Gasteiger partial charge in [0.15, 0.2) is 12.4 Å². The Labute approximate surface area is 557 Å². The maximum atomic E-state index is 12.9. The third-order valence-corrected chi connectivity index (χ3v) is 14.3. The van der Waals surface area contributed by atoms with Crippen LogP contribution in [0.1, 0.15) is 245 Å². The van der Waals surface area contributed by atoms with E-state index in [2.05, 4.69) is 208 Å². The number of rotatable bonds is 63. The Morgan fingerprint density at radius 1 is 0.330 bits per heavy atom. The second-order valence-corrected chi connectivity index (χ2v) is 24.1. The minimum absolute atomic E-state index is 0.134. The molecular formula is C82H129NO8. The van der Waals surface area contributed by atoms with E-state index in [0.717, 1.165) is 167 Å². The van der Waals surface area contributed by atoms with E-state index in [-0.39, 0.29) is 38.6 Å². The highest BCUT2D eigenvalue weighted by molar-refractivity contribution is 5.70. The molecule has 0 aliphatic carbocycles. The first-order valence-corrected chi connectivity index (χ1v) is 35.6. The van der Waals surface area contributed by atoms with E-state index in [0.29, 0.717) is 17.4 Å². The maximum Gasteiger partial charge on any atom is 0.306 e. The van der Waals surface area contributed by atoms with Gasteiger partial charge in [-0.05, 0) is 141 Å². The fourth-order valence-electron chi connectivity index (χ4n) is 8.98. The number of allylic oxidation sites excluding steroid dienone is 32. The lowest BCUT2D eigenvalue weighted by molar-refractivity contribution is -0.870. The van der Waals surface area contributed by atoms with Crippen LogP contribution in [0.2, 0.25) is 0 Å². The van der Waals surface area contributed by atoms with E-state index in [1.165, 1.54) is 44.9 Å². The number of likely N-dealkylation sites (N-methyl/N-ethyl adjacent to an activating group) is 1. The molecule has 0 bridgehead atoms. The van der Waals surface area contributed by atoms with E-state index in [9.17, 15) is 19.5 Å². The SMILES string of the molecule is CC/C=C\C/C=C\C/C=C\C/C=C\C/C=C\C/C=C\C/C=C\C/C=C\C/C=C\C/C=C\C/C=C\CCCCCCCCCC(=O)OC(COC(=O)CCCCCCCCCCC/C=C\C/C=C\C/C=C\C/C=C\C/C=C\CC)COC(OCC[N+](C)(C)C)C(=O)[O-]. The Balaban J connectivity index is 4.22. The molecule has 91 heavy (non-hydrogen) atoms. The lowest BCUT2D eigenvalue weighted by Gasteiger charge is -2.26. The Bertz CT molecular complexity index is 2200. The largest absolute Gasteiger partial charge is 0.545 e. The Hall–Kier alpha value is -5.87. The first-order chi connectivity index (χ1) is 44.6. The van der Waals surface area contributed by atoms with Crippen molar-refractivity contribution in [3.8, 4) is 0 Å². The van der Waals surface area contributed by atoms with Crippen LogP contribution in [0.4, 0.5) is 0 Å². The standard InChI is InChI=1S/C82H129NO8/c1-6-8-10-12-14-16-18-20-22-24-26-28-30-32-33-34-35-36-37-38-39-40-41-42-43-44-45-46-47-49-51-53-55-57-59-61-63-65-67-69-71-73-80(85)91-78(77-90-82(81(86)87)88-75-74-83(3,4)5)76-89-79(84)72-70-68-66-64-62-60-58-56-54-52-50-48-31-29-27-25-23-21-19-17-15-13-11-9-7-2/h8-11,14-17,20-23,26-29,32-33,35-36,38-39,41-42,44-45,47-50,53,55,78,82H,6-7,12-13,18-19,24-25,30-31,34,37,40,43,46,51-52,54,56-77H2,1-5H3/b10-8-,11-9-,16-14-,17-15-,22-20-,23-21-,28-26-,29-27-,33-32-,36-35-,39-38-,42-41-,45-44-,49-47-,50-48-,55-53-. The number of hydrogen-bond donors (Lipinski definition) is 0. The van der Waals surface area contributed by atoms with Crippen molar-refractivity contribution in [1.29, 1.82) is 0 Å². The molecule has 9 heteroatoms. The predicted molar refractivity (Wildman–Crippen MR) is 388 cm³/mol. The second kappa shape index (κ2) is 70.0. The van der Waals surface area contributed by atoms with Gasteiger partial charge in [0.1, 0.15) is 13.2 Å². The number of carboxylic acid groups (broad SMARTS) is 1. The summed E-state index contributed by atoms with van der Waals surface area (Å²) in [5, 5.41) is 11.8. The molecule has 9 nitrogen and oxygen atoms in total. The summed E-state index contributed by atoms with van der Waals surface area (Å²) in [4.78, 5) is 37.5. The number of aliphatic carboxylic acids is 1. The number of ether oxygens (including phenoxy) is 4. The minimum Gasteiger partial charge on any atom is -0.545 e. The molecule has 510 valence electrons. The van der Waals surface area contributed by atoms with E-state index in [1.807, 2.05) is 21.1 Å². The summed E-state index contributed by atoms with van der Waals surface area (Å²) in [5.74, 6) is -2.33. The van der Waals surface area contributed by atoms with Gasteiger partial charge in [0.25, 0.3) is 0 Å². The molecule has 0 radical (unpaired) electrons. The van der Waals surface area contributed by atoms with Gasteiger partial charge >= 0.3 is 11.9 Å². The van der Waals surface area contributed by atoms with Crippen LogP contribution in [0.3, 0.4) is 0 Å². The van der Waals surface area contributed by atoms with E-state index < -0.39 is 24.3 Å². The number of carbonyl (C=O) groups is 3. The number of unbranched alkanes of at least 4 members (excludes halogenated alkanes) is 16. The minimum atomic E-state index is -1.64. The lowest BCUT2D eigenvalue weighted by Crippen LogP contribution is -2.44. The second-order valence-electron chi connectivity index (χ2n) is 24.1. The van der Waals surface area contributed by atoms with Gasteiger partial charge in [-0.3, -0.25) is 9.59 Å². The number of carboxylic acids is 1. The van der Waals surface area contributed by atoms with Gasteiger partial charge in [0, 0.05) is 12.8 Å². The van der Waals surface area contributed by atoms with Gasteiger partial charge in [-0.15, -0.1) is 0 Å². The molecular weight excluding hydrogens is 1130 g/mol. The number of quaternary nitrogens is 1. The number of nitrogens with zero attached hydrogens (tertiary/aromatic N) is 1. The number of esters is 2. The first kappa shape index (κ1) is 85.1. The average molecular weight is 1260 g/mol. The zero-order valence-corrected chi connectivity index (χ0v) is 58.1. The summed E-state index contributed by atoms with van der Waals surface area (Å²) < 4.78 is 22.8. The zero-order valence-electron chi connectivity index (χ0n) is 58.1. The zero-order chi connectivity index (χ0) is 66.1. The summed E-state index contributed by atoms with van der Waals surface area (Å²) in [6.45, 7) is 4.48. The third kappa shape index (κ3) is 71.4. The van der Waals surface area contributed by atoms with Gasteiger partial charge < -0.3 is 33.3 Å². The fourth-order valence-corrected chi connectivity index (χ4v) is 8.98. The quantitative estimate of drug-likeness (QED) is 0.0195. The van der Waals surface area contributed by atoms with Gasteiger partial charge in [-0.25, -0.2) is 0 Å². The fraction of sp³-hybridized carbons (Fsp3) is 0.573. The maximum absolute atomic E-state index is 12.9. The van der Waals surface area contributed by atoms with Crippen molar-refractivity contribution in [1.82, 2.24) is 0 Å². The van der Waals surface area contributed by atoms with Gasteiger partial charge in [-0.1, -0.05) is 285 Å². The summed E-state index contributed by atoms with van der Waals surface area (Å²) >= 11 is 0. The lowest BCUT2D eigenvalue weighted by atomic mass is 10.1. The number of carbonyl (C=O) groups excluding carboxylic acids is 3. The molecule has 0 aromatic rings. The molecule has 0 heterocycles. The summed E-state index contributed by atoms with van der Waals surface area (Å²) in [5.41, 5.74) is 0. The molecule has 0 saturated heterocycles. The van der Waals surface area contributed by atoms with Crippen LogP contribution in [0.5, 0.6) is 0 Å². The van der Waals surface area contributed by atoms with Crippen molar-refractivity contribution in [2.45, 2.75) is 257 Å². The highest BCUT2D eigenvalue weighted by Crippen LogP contribution is 2.15. The summed E-state index contributed by atoms with van der Waals surface area (Å²) in [6.07, 6.45) is 105. The van der Waals surface area contributed by atoms with Crippen LogP contribution in [0.25, 0.3) is 0 Å². The van der Waals surface area contributed by atoms with Gasteiger partial charge in [0.2, 0.25) is 0 Å². The van der Waals surface area contributed by atoms with Crippen molar-refractivity contribution in [2.24, 2.45) is 0 Å². The van der Waals surface area contributed by atoms with E-state index in [1.54, 1.807) is 0 Å². The molecule has 0 aliphatic rings. The van der Waals surface area contributed by atoms with Crippen LogP contribution in [-0.2, 0) is 33.3 Å². The van der Waals surface area contributed by atoms with Gasteiger partial charge in [-0.2, -0.15) is 0 Å². The smallest absolute Gasteiger partial charge is 0.306 e. The molecule has 0 spiro atoms. The molecule has 0 aromatic carbocycles. The van der Waals surface area contributed by atoms with Crippen LogP contribution in [0, 0.1) is 0 Å². The average Bonchev–Trinajstić information content (AvgIpc) is 3.53. The molecule has 2 unspecified atom stereocenters. The molecule has 2 atom stereocenters. The predicted octanol–water partition coefficient (Wildman–Crippen LogP) is 21.2. The molecule has 0 aliphatic heterocycles. The van der Waals surface area contributed by atoms with Crippen LogP contribution in [0.15, 0.2) is 194 Å². The Morgan fingerprint density at radius 2 is 0.593 bits per heavy atom. The Morgan fingerprint density at radius 3 is 0.879 bits per heavy atom. The molecule has 0 rings (SSSR count). The van der Waals surface area contributed by atoms with Crippen LogP contribution >= 0.6 is 0 Å². The first-order valence-electron chi connectivity index (χ1n) is 35.6. The van der Waals surface area contributed by atoms with Crippen molar-refractivity contribution >= 4 is 17.9 Å². The summed E-state index contributed by atoms with van der Waals surface area (Å²) in [6, 6.07) is 0. The van der Waals surface area contributed by atoms with Crippen LogP contribution < -0.4 is 5.11 Å². The van der Waals surface area contributed by atoms with Crippen molar-refractivity contribution < 1.29 is 42.9 Å². The van der Waals surface area contributed by atoms with Crippen molar-refractivity contribution in [3.63, 3.8) is 0 Å². The normalized spacial score (nSPS) is 13.9. The molecule has 0 aromatic heterocycles. The highest BCUT2D eigenvalue weighted by atomic mass is 16.7. The number of hydrogen-bond acceptors (Lipinski definition) is 8. The monoisotopic (exact) mass is 1260 g/mol. The topological polar surface area (TPSA) is 111 Å². The van der Waals surface area contributed by atoms with Crippen LogP contribution in [-0.4, -0.2) is 82.3 Å². The molecule has 0 amide bonds. The molecule has 0 N–H and O–H groups in total. The van der Waals surface area contributed by atoms with Crippen molar-refractivity contribution in [3.05, 3.63) is 194 Å². The van der Waals surface area contributed by atoms with E-state index in [4.69, 9.17) is 18.9 Å². The highest BCUT2D eigenvalue weighted by Gasteiger charge is 2.22. The summed E-state index contributed by atoms with van der Waals surface area (Å²) in [7, 11) is 5.91. The molecule has 0 fully saturated rings. The van der Waals surface area contributed by atoms with Gasteiger partial charge in [0.05, 0.1) is 40.3 Å². The third-order valence-electron chi connectivity index (χ3n) is 14.3.